The smallest absolute Gasteiger partial charge is 0.408 e. The van der Waals surface area contributed by atoms with Gasteiger partial charge in [-0.05, 0) is 0 Å². The normalized spacial score (nSPS) is 20.9. The fraction of sp³-hybridized carbons (Fsp3) is 0.500. The average Bonchev–Trinajstić information content (AvgIpc) is 2.52. The molecule has 1 atom stereocenters. The Labute approximate surface area is 78.1 Å². The van der Waals surface area contributed by atoms with Crippen molar-refractivity contribution >= 4 is 29.9 Å². The molecule has 1 unspecified atom stereocenters. The van der Waals surface area contributed by atoms with Gasteiger partial charge in [0.2, 0.25) is 0 Å². The molecule has 13 heavy (non-hydrogen) atoms. The Balaban J connectivity index is 2.73. The van der Waals surface area contributed by atoms with Crippen LogP contribution in [0.15, 0.2) is 0 Å². The van der Waals surface area contributed by atoms with Crippen LogP contribution < -0.4 is 0 Å². The van der Waals surface area contributed by atoms with Crippen LogP contribution in [0.2, 0.25) is 0 Å². The molecule has 0 aromatic heterocycles. The van der Waals surface area contributed by atoms with Crippen LogP contribution in [0.3, 0.4) is 0 Å². The largest absolute Gasteiger partial charge is 0.465 e. The lowest BCUT2D eigenvalue weighted by Crippen LogP contribution is -2.41. The first-order valence-electron chi connectivity index (χ1n) is 3.45. The van der Waals surface area contributed by atoms with E-state index in [2.05, 4.69) is 4.79 Å². The number of Topliss-reactive ketones (excluding diaryl/α,β-unsaturated/α-hetero) is 1. The molecule has 70 valence electrons. The predicted octanol–water partition coefficient (Wildman–Crippen LogP) is -0.0910. The quantitative estimate of drug-likeness (QED) is 0.383. The van der Waals surface area contributed by atoms with E-state index in [0.717, 1.165) is 11.1 Å². The summed E-state index contributed by atoms with van der Waals surface area (Å²) in [5, 5.41) is 8.65. The Morgan fingerprint density at radius 3 is 2.92 bits per heavy atom. The minimum atomic E-state index is -1.13. The molecule has 1 amide bonds. The van der Waals surface area contributed by atoms with Gasteiger partial charge in [0, 0.05) is 5.75 Å². The Bertz CT molecular complexity index is 287. The summed E-state index contributed by atoms with van der Waals surface area (Å²) >= 11 is 1.35. The molecule has 1 aliphatic rings. The van der Waals surface area contributed by atoms with Crippen molar-refractivity contribution in [1.29, 1.82) is 0 Å². The van der Waals surface area contributed by atoms with Gasteiger partial charge in [0.1, 0.15) is 6.04 Å². The molecule has 0 saturated carbocycles. The molecule has 1 aliphatic heterocycles. The number of carbonyl (C=O) groups excluding carboxylic acids is 1. The lowest BCUT2D eigenvalue weighted by Gasteiger charge is -2.15. The van der Waals surface area contributed by atoms with Gasteiger partial charge in [0.05, 0.1) is 5.88 Å². The van der Waals surface area contributed by atoms with E-state index in [9.17, 15) is 9.59 Å². The number of carbonyl (C=O) groups is 2. The Morgan fingerprint density at radius 1 is 1.69 bits per heavy atom. The molecule has 6 nitrogen and oxygen atoms in total. The van der Waals surface area contributed by atoms with Crippen molar-refractivity contribution in [2.24, 2.45) is 0 Å². The number of nitrogens with zero attached hydrogens (tertiary/aromatic N) is 3. The second-order valence-corrected chi connectivity index (χ2v) is 3.41. The van der Waals surface area contributed by atoms with Gasteiger partial charge in [-0.15, -0.1) is 11.8 Å². The summed E-state index contributed by atoms with van der Waals surface area (Å²) < 4.78 is 0. The van der Waals surface area contributed by atoms with Gasteiger partial charge < -0.3 is 10.6 Å². The number of carboxylic acid groups (broad SMARTS) is 1. The SMILES string of the molecule is [N-]=[N+]=CC(=O)C1CSCN1C(=O)O. The van der Waals surface area contributed by atoms with Gasteiger partial charge in [-0.2, -0.15) is 4.79 Å². The van der Waals surface area contributed by atoms with Crippen molar-refractivity contribution in [3.8, 4) is 0 Å². The third kappa shape index (κ3) is 2.07. The van der Waals surface area contributed by atoms with Crippen molar-refractivity contribution in [2.75, 3.05) is 11.6 Å². The maximum atomic E-state index is 11.1. The Hall–Kier alpha value is -1.33. The highest BCUT2D eigenvalue weighted by molar-refractivity contribution is 7.99. The molecule has 0 aliphatic carbocycles. The maximum Gasteiger partial charge on any atom is 0.408 e. The van der Waals surface area contributed by atoms with Gasteiger partial charge in [0.25, 0.3) is 5.78 Å². The minimum absolute atomic E-state index is 0.283. The van der Waals surface area contributed by atoms with Crippen LogP contribution in [0.5, 0.6) is 0 Å². The second kappa shape index (κ2) is 4.06. The van der Waals surface area contributed by atoms with Crippen LogP contribution in [0.4, 0.5) is 4.79 Å². The highest BCUT2D eigenvalue weighted by Crippen LogP contribution is 2.20. The van der Waals surface area contributed by atoms with Gasteiger partial charge in [-0.3, -0.25) is 9.69 Å². The summed E-state index contributed by atoms with van der Waals surface area (Å²) in [5.74, 6) is 0.206. The summed E-state index contributed by atoms with van der Waals surface area (Å²) in [6.07, 6.45) is -0.401. The number of hydrogen-bond acceptors (Lipinski definition) is 3. The zero-order valence-corrected chi connectivity index (χ0v) is 7.40. The van der Waals surface area contributed by atoms with E-state index in [1.54, 1.807) is 0 Å². The standard InChI is InChI=1S/C6H7N3O3S/c7-8-1-5(10)4-2-13-3-9(4)6(11)12/h1,4H,2-3H2,(H,11,12). The molecule has 1 saturated heterocycles. The Morgan fingerprint density at radius 2 is 2.38 bits per heavy atom. The van der Waals surface area contributed by atoms with Crippen LogP contribution in [-0.2, 0) is 4.79 Å². The number of rotatable bonds is 2. The molecule has 1 N–H and O–H groups in total. The highest BCUT2D eigenvalue weighted by Gasteiger charge is 2.35. The number of hydrogen-bond donors (Lipinski definition) is 1. The van der Waals surface area contributed by atoms with Crippen LogP contribution in [0.1, 0.15) is 0 Å². The van der Waals surface area contributed by atoms with Crippen molar-refractivity contribution in [2.45, 2.75) is 6.04 Å². The molecular weight excluding hydrogens is 194 g/mol. The summed E-state index contributed by atoms with van der Waals surface area (Å²) in [4.78, 5) is 25.3. The minimum Gasteiger partial charge on any atom is -0.465 e. The van der Waals surface area contributed by atoms with Crippen LogP contribution in [-0.4, -0.2) is 50.6 Å². The Kier molecular flexibility index (Phi) is 3.05. The van der Waals surface area contributed by atoms with Gasteiger partial charge in [0.15, 0.2) is 0 Å². The molecule has 1 fully saturated rings. The summed E-state index contributed by atoms with van der Waals surface area (Å²) in [7, 11) is 0. The van der Waals surface area contributed by atoms with Crippen LogP contribution in [0, 0.1) is 0 Å². The average molecular weight is 201 g/mol. The van der Waals surface area contributed by atoms with Crippen molar-refractivity contribution in [3.63, 3.8) is 0 Å². The third-order valence-corrected chi connectivity index (χ3v) is 2.65. The van der Waals surface area contributed by atoms with E-state index in [-0.39, 0.29) is 5.88 Å². The molecule has 0 radical (unpaired) electrons. The van der Waals surface area contributed by atoms with E-state index in [1.165, 1.54) is 11.8 Å². The second-order valence-electron chi connectivity index (χ2n) is 2.41. The molecule has 0 spiro atoms. The first-order chi connectivity index (χ1) is 6.16. The number of ketones is 1. The van der Waals surface area contributed by atoms with Crippen LogP contribution >= 0.6 is 11.8 Å². The van der Waals surface area contributed by atoms with E-state index in [4.69, 9.17) is 10.6 Å². The molecule has 0 aromatic carbocycles. The molecular formula is C6H7N3O3S. The van der Waals surface area contributed by atoms with E-state index in [0.29, 0.717) is 5.75 Å². The topological polar surface area (TPSA) is 94.0 Å². The first-order valence-corrected chi connectivity index (χ1v) is 4.61. The fourth-order valence-electron chi connectivity index (χ4n) is 1.01. The molecule has 0 bridgehead atoms. The number of thioether (sulfide) groups is 1. The van der Waals surface area contributed by atoms with Gasteiger partial charge in [-0.1, -0.05) is 0 Å². The predicted molar refractivity (Wildman–Crippen MR) is 45.7 cm³/mol. The van der Waals surface area contributed by atoms with Crippen LogP contribution in [0.25, 0.3) is 5.53 Å². The summed E-state index contributed by atoms with van der Waals surface area (Å²) in [6, 6.07) is -0.710. The lowest BCUT2D eigenvalue weighted by atomic mass is 10.2. The first kappa shape index (κ1) is 9.76. The molecule has 1 rings (SSSR count). The van der Waals surface area contributed by atoms with E-state index < -0.39 is 17.9 Å². The van der Waals surface area contributed by atoms with E-state index in [1.807, 2.05) is 0 Å². The molecule has 7 heteroatoms. The van der Waals surface area contributed by atoms with Gasteiger partial charge >= 0.3 is 12.3 Å². The van der Waals surface area contributed by atoms with Gasteiger partial charge in [-0.25, -0.2) is 4.79 Å². The highest BCUT2D eigenvalue weighted by atomic mass is 32.2. The van der Waals surface area contributed by atoms with E-state index >= 15 is 0 Å². The summed E-state index contributed by atoms with van der Waals surface area (Å²) in [6.45, 7) is 0. The molecule has 1 heterocycles. The maximum absolute atomic E-state index is 11.1. The molecule has 0 aromatic rings. The van der Waals surface area contributed by atoms with Crippen molar-refractivity contribution in [3.05, 3.63) is 5.53 Å². The monoisotopic (exact) mass is 201 g/mol. The zero-order chi connectivity index (χ0) is 9.84. The lowest BCUT2D eigenvalue weighted by molar-refractivity contribution is -0.119. The zero-order valence-electron chi connectivity index (χ0n) is 6.58. The van der Waals surface area contributed by atoms with Crippen molar-refractivity contribution < 1.29 is 19.5 Å². The van der Waals surface area contributed by atoms with Crippen molar-refractivity contribution in [1.82, 2.24) is 4.90 Å². The third-order valence-electron chi connectivity index (χ3n) is 1.64. The fourth-order valence-corrected chi connectivity index (χ4v) is 2.17. The summed E-state index contributed by atoms with van der Waals surface area (Å²) in [5.41, 5.74) is 8.10. The number of amides is 1.